The van der Waals surface area contributed by atoms with Gasteiger partial charge in [0, 0.05) is 23.5 Å². The van der Waals surface area contributed by atoms with E-state index in [1.54, 1.807) is 0 Å². The molecule has 2 nitrogen and oxygen atoms in total. The van der Waals surface area contributed by atoms with Crippen molar-refractivity contribution in [3.63, 3.8) is 0 Å². The van der Waals surface area contributed by atoms with Crippen LogP contribution in [0.5, 0.6) is 0 Å². The Hall–Kier alpha value is -2.52. The van der Waals surface area contributed by atoms with Crippen molar-refractivity contribution in [2.24, 2.45) is 0 Å². The largest absolute Gasteiger partial charge is 0.644 e. The molecule has 4 aromatic rings. The van der Waals surface area contributed by atoms with Crippen molar-refractivity contribution < 1.29 is 26.7 Å². The van der Waals surface area contributed by atoms with E-state index in [4.69, 9.17) is 0 Å². The SMILES string of the molecule is O=C(Cc1ccccc1)[c-]1cccc1.O=C(c1cccs1)[c-]1[cH-][cH-][cH-][cH-]1.[Fe]. The quantitative estimate of drug-likeness (QED) is 0.245. The van der Waals surface area contributed by atoms with Crippen LogP contribution in [0.4, 0.5) is 0 Å². The first-order chi connectivity index (χ1) is 12.7. The van der Waals surface area contributed by atoms with E-state index in [9.17, 15) is 9.59 Å². The molecule has 1 heterocycles. The van der Waals surface area contributed by atoms with Gasteiger partial charge in [0.15, 0.2) is 0 Å². The van der Waals surface area contributed by atoms with Crippen molar-refractivity contribution >= 4 is 22.9 Å². The summed E-state index contributed by atoms with van der Waals surface area (Å²) in [6, 6.07) is 28.4. The summed E-state index contributed by atoms with van der Waals surface area (Å²) in [6.45, 7) is 0. The summed E-state index contributed by atoms with van der Waals surface area (Å²) in [5, 5.41) is 1.91. The Labute approximate surface area is 173 Å². The summed E-state index contributed by atoms with van der Waals surface area (Å²) in [4.78, 5) is 24.1. The van der Waals surface area contributed by atoms with Gasteiger partial charge >= 0.3 is 0 Å². The van der Waals surface area contributed by atoms with Crippen LogP contribution >= 0.6 is 11.3 Å². The normalized spacial score (nSPS) is 9.63. The topological polar surface area (TPSA) is 34.1 Å². The van der Waals surface area contributed by atoms with Crippen molar-refractivity contribution in [1.82, 2.24) is 0 Å². The number of hydrogen-bond acceptors (Lipinski definition) is 3. The number of Topliss-reactive ketones (excluding diaryl/α,β-unsaturated/α-hetero) is 1. The molecular formula is C23H18FeO2S-6. The van der Waals surface area contributed by atoms with Crippen LogP contribution < -0.4 is 0 Å². The third kappa shape index (κ3) is 6.00. The second-order valence-corrected chi connectivity index (χ2v) is 6.69. The van der Waals surface area contributed by atoms with Crippen molar-refractivity contribution in [2.75, 3.05) is 0 Å². The Morgan fingerprint density at radius 1 is 0.889 bits per heavy atom. The van der Waals surface area contributed by atoms with Gasteiger partial charge in [-0.1, -0.05) is 42.0 Å². The number of thiophene rings is 1. The maximum absolute atomic E-state index is 11.7. The summed E-state index contributed by atoms with van der Waals surface area (Å²) in [5.41, 5.74) is 2.64. The molecule has 4 heteroatoms. The first-order valence-corrected chi connectivity index (χ1v) is 9.21. The number of benzene rings is 1. The fraction of sp³-hybridized carbons (Fsp3) is 0.0435. The van der Waals surface area contributed by atoms with E-state index in [0.29, 0.717) is 6.42 Å². The van der Waals surface area contributed by atoms with Crippen molar-refractivity contribution in [3.8, 4) is 0 Å². The molecule has 0 aliphatic heterocycles. The molecular weight excluding hydrogens is 396 g/mol. The average molecular weight is 414 g/mol. The summed E-state index contributed by atoms with van der Waals surface area (Å²) < 4.78 is 0. The molecule has 0 bridgehead atoms. The molecule has 1 aromatic heterocycles. The number of hydrogen-bond donors (Lipinski definition) is 0. The molecule has 0 spiro atoms. The van der Waals surface area contributed by atoms with Gasteiger partial charge in [0.1, 0.15) is 5.78 Å². The van der Waals surface area contributed by atoms with Gasteiger partial charge in [-0.25, -0.2) is 12.1 Å². The Kier molecular flexibility index (Phi) is 8.15. The average Bonchev–Trinajstić information content (AvgIpc) is 3.46. The van der Waals surface area contributed by atoms with E-state index in [-0.39, 0.29) is 28.6 Å². The van der Waals surface area contributed by atoms with Crippen LogP contribution in [0.1, 0.15) is 31.2 Å². The molecule has 0 amide bonds. The smallest absolute Gasteiger partial charge is 0.113 e. The summed E-state index contributed by atoms with van der Waals surface area (Å²) >= 11 is 1.48. The predicted octanol–water partition coefficient (Wildman–Crippen LogP) is 5.53. The van der Waals surface area contributed by atoms with Gasteiger partial charge in [-0.3, -0.25) is 4.88 Å². The Morgan fingerprint density at radius 3 is 2.15 bits per heavy atom. The van der Waals surface area contributed by atoms with Gasteiger partial charge in [-0.15, -0.1) is 0 Å². The van der Waals surface area contributed by atoms with Gasteiger partial charge in [0.2, 0.25) is 0 Å². The summed E-state index contributed by atoms with van der Waals surface area (Å²) in [5.74, 6) is 0.302. The molecule has 0 N–H and O–H groups in total. The molecule has 0 saturated heterocycles. The number of carbonyl (C=O) groups excluding carboxylic acids is 2. The maximum atomic E-state index is 11.7. The van der Waals surface area contributed by atoms with Crippen LogP contribution in [-0.4, -0.2) is 11.6 Å². The van der Waals surface area contributed by atoms with E-state index in [1.165, 1.54) is 11.3 Å². The Bertz CT molecular complexity index is 886. The molecule has 0 atom stereocenters. The molecule has 0 aliphatic carbocycles. The van der Waals surface area contributed by atoms with E-state index in [2.05, 4.69) is 0 Å². The zero-order valence-electron chi connectivity index (χ0n) is 14.5. The fourth-order valence-electron chi connectivity index (χ4n) is 2.52. The third-order valence-corrected chi connectivity index (χ3v) is 4.73. The van der Waals surface area contributed by atoms with E-state index >= 15 is 0 Å². The monoisotopic (exact) mass is 414 g/mol. The van der Waals surface area contributed by atoms with Crippen molar-refractivity contribution in [3.05, 3.63) is 118 Å². The van der Waals surface area contributed by atoms with E-state index in [1.807, 2.05) is 96.4 Å². The molecule has 0 unspecified atom stereocenters. The second kappa shape index (κ2) is 10.6. The molecule has 142 valence electrons. The molecule has 4 rings (SSSR count). The number of carbonyl (C=O) groups is 2. The molecule has 0 fully saturated rings. The van der Waals surface area contributed by atoms with Crippen LogP contribution in [0.2, 0.25) is 0 Å². The van der Waals surface area contributed by atoms with E-state index in [0.717, 1.165) is 21.6 Å². The minimum absolute atomic E-state index is 0. The standard InChI is InChI=1S/C13H11O.C10H7OS.Fe/c14-13(12-8-4-5-9-12)10-11-6-2-1-3-7-11;11-10(8-4-1-2-5-8)9-6-3-7-12-9;/h1-9H,10H2;1-7H;/q-1;-5;. The Morgan fingerprint density at radius 2 is 1.56 bits per heavy atom. The number of rotatable bonds is 5. The van der Waals surface area contributed by atoms with Crippen molar-refractivity contribution in [2.45, 2.75) is 6.42 Å². The molecule has 3 aromatic carbocycles. The minimum Gasteiger partial charge on any atom is -0.644 e. The first-order valence-electron chi connectivity index (χ1n) is 8.33. The van der Waals surface area contributed by atoms with Gasteiger partial charge in [0.25, 0.3) is 0 Å². The first kappa shape index (κ1) is 20.8. The number of ketones is 2. The van der Waals surface area contributed by atoms with Crippen LogP contribution in [0.15, 0.2) is 96.4 Å². The van der Waals surface area contributed by atoms with Crippen LogP contribution in [0, 0.1) is 0 Å². The molecule has 0 saturated carbocycles. The van der Waals surface area contributed by atoms with Gasteiger partial charge in [-0.05, 0) is 10.9 Å². The summed E-state index contributed by atoms with van der Waals surface area (Å²) in [6.07, 6.45) is 0.491. The fourth-order valence-corrected chi connectivity index (χ4v) is 3.20. The minimum atomic E-state index is 0. The van der Waals surface area contributed by atoms with Crippen LogP contribution in [0.3, 0.4) is 0 Å². The maximum Gasteiger partial charge on any atom is 0.113 e. The molecule has 0 radical (unpaired) electrons. The summed E-state index contributed by atoms with van der Waals surface area (Å²) in [7, 11) is 0. The Balaban J connectivity index is 0.000000189. The zero-order chi connectivity index (χ0) is 18.2. The second-order valence-electron chi connectivity index (χ2n) is 5.74. The van der Waals surface area contributed by atoms with Gasteiger partial charge < -0.3 is 56.5 Å². The van der Waals surface area contributed by atoms with Crippen LogP contribution in [0.25, 0.3) is 0 Å². The molecule has 27 heavy (non-hydrogen) atoms. The van der Waals surface area contributed by atoms with Gasteiger partial charge in [0.05, 0.1) is 0 Å². The van der Waals surface area contributed by atoms with Gasteiger partial charge in [-0.2, -0.15) is 18.2 Å². The zero-order valence-corrected chi connectivity index (χ0v) is 16.4. The predicted molar refractivity (Wildman–Crippen MR) is 106 cm³/mol. The molecule has 0 aliphatic rings. The van der Waals surface area contributed by atoms with E-state index < -0.39 is 0 Å². The van der Waals surface area contributed by atoms with Crippen LogP contribution in [-0.2, 0) is 23.5 Å². The van der Waals surface area contributed by atoms with Crippen molar-refractivity contribution in [1.29, 1.82) is 0 Å². The third-order valence-electron chi connectivity index (χ3n) is 3.86.